The summed E-state index contributed by atoms with van der Waals surface area (Å²) in [6.45, 7) is 3.74. The molecule has 0 bridgehead atoms. The molecule has 18 heavy (non-hydrogen) atoms. The Labute approximate surface area is 113 Å². The molecule has 0 radical (unpaired) electrons. The fourth-order valence-corrected chi connectivity index (χ4v) is 2.07. The van der Waals surface area contributed by atoms with Crippen molar-refractivity contribution in [2.24, 2.45) is 0 Å². The van der Waals surface area contributed by atoms with Crippen LogP contribution in [-0.4, -0.2) is 37.0 Å². The molecule has 3 nitrogen and oxygen atoms in total. The van der Waals surface area contributed by atoms with Gasteiger partial charge >= 0.3 is 0 Å². The Morgan fingerprint density at radius 1 is 1.33 bits per heavy atom. The molecule has 1 aromatic carbocycles. The molecule has 1 amide bonds. The lowest BCUT2D eigenvalue weighted by Crippen LogP contribution is -2.33. The summed E-state index contributed by atoms with van der Waals surface area (Å²) in [6, 6.07) is 5.76. The van der Waals surface area contributed by atoms with Crippen LogP contribution >= 0.6 is 12.4 Å². The first kappa shape index (κ1) is 14.9. The van der Waals surface area contributed by atoms with Gasteiger partial charge in [-0.25, -0.2) is 4.39 Å². The molecule has 5 heteroatoms. The number of carbonyl (C=O) groups is 1. The van der Waals surface area contributed by atoms with Crippen LogP contribution in [0.3, 0.4) is 0 Å². The minimum absolute atomic E-state index is 0. The lowest BCUT2D eigenvalue weighted by molar-refractivity contribution is 0.0949. The molecular formula is C13H18ClFN2O. The van der Waals surface area contributed by atoms with Crippen molar-refractivity contribution in [3.05, 3.63) is 35.6 Å². The molecule has 0 aromatic heterocycles. The topological polar surface area (TPSA) is 32.3 Å². The first-order valence-electron chi connectivity index (χ1n) is 6.02. The number of hydrogen-bond donors (Lipinski definition) is 1. The Bertz CT molecular complexity index is 394. The molecule has 1 saturated heterocycles. The van der Waals surface area contributed by atoms with Gasteiger partial charge in [0, 0.05) is 18.7 Å². The third-order valence-corrected chi connectivity index (χ3v) is 3.00. The zero-order valence-corrected chi connectivity index (χ0v) is 11.0. The van der Waals surface area contributed by atoms with E-state index in [1.165, 1.54) is 25.0 Å². The van der Waals surface area contributed by atoms with E-state index < -0.39 is 0 Å². The van der Waals surface area contributed by atoms with Gasteiger partial charge in [-0.15, -0.1) is 12.4 Å². The Morgan fingerprint density at radius 3 is 2.72 bits per heavy atom. The monoisotopic (exact) mass is 272 g/mol. The van der Waals surface area contributed by atoms with Crippen LogP contribution in [0.4, 0.5) is 4.39 Å². The molecule has 0 spiro atoms. The molecule has 0 atom stereocenters. The first-order chi connectivity index (χ1) is 8.25. The van der Waals surface area contributed by atoms with Gasteiger partial charge in [-0.05, 0) is 44.1 Å². The van der Waals surface area contributed by atoms with Crippen molar-refractivity contribution in [2.75, 3.05) is 26.2 Å². The van der Waals surface area contributed by atoms with Gasteiger partial charge < -0.3 is 10.2 Å². The van der Waals surface area contributed by atoms with Crippen molar-refractivity contribution >= 4 is 18.3 Å². The SMILES string of the molecule is Cl.O=C(NCCN1CCCC1)c1cccc(F)c1. The molecule has 1 N–H and O–H groups in total. The van der Waals surface area contributed by atoms with E-state index in [4.69, 9.17) is 0 Å². The van der Waals surface area contributed by atoms with Crippen LogP contribution < -0.4 is 5.32 Å². The molecule has 0 unspecified atom stereocenters. The van der Waals surface area contributed by atoms with Gasteiger partial charge in [0.2, 0.25) is 0 Å². The minimum Gasteiger partial charge on any atom is -0.351 e. The van der Waals surface area contributed by atoms with Crippen molar-refractivity contribution in [1.82, 2.24) is 10.2 Å². The van der Waals surface area contributed by atoms with Gasteiger partial charge in [-0.2, -0.15) is 0 Å². The smallest absolute Gasteiger partial charge is 0.251 e. The van der Waals surface area contributed by atoms with Gasteiger partial charge in [0.1, 0.15) is 5.82 Å². The van der Waals surface area contributed by atoms with E-state index in [9.17, 15) is 9.18 Å². The van der Waals surface area contributed by atoms with Crippen LogP contribution in [-0.2, 0) is 0 Å². The van der Waals surface area contributed by atoms with Crippen molar-refractivity contribution in [3.8, 4) is 0 Å². The normalized spacial score (nSPS) is 15.2. The van der Waals surface area contributed by atoms with E-state index in [0.29, 0.717) is 12.1 Å². The summed E-state index contributed by atoms with van der Waals surface area (Å²) >= 11 is 0. The predicted octanol–water partition coefficient (Wildman–Crippen LogP) is 2.07. The number of amides is 1. The largest absolute Gasteiger partial charge is 0.351 e. The second-order valence-corrected chi connectivity index (χ2v) is 4.31. The lowest BCUT2D eigenvalue weighted by atomic mass is 10.2. The van der Waals surface area contributed by atoms with Crippen LogP contribution in [0.2, 0.25) is 0 Å². The number of carbonyl (C=O) groups excluding carboxylic acids is 1. The van der Waals surface area contributed by atoms with E-state index in [1.807, 2.05) is 0 Å². The van der Waals surface area contributed by atoms with Crippen molar-refractivity contribution in [2.45, 2.75) is 12.8 Å². The van der Waals surface area contributed by atoms with Crippen molar-refractivity contribution in [1.29, 1.82) is 0 Å². The third kappa shape index (κ3) is 4.27. The molecule has 0 aliphatic carbocycles. The summed E-state index contributed by atoms with van der Waals surface area (Å²) in [5, 5.41) is 2.81. The molecule has 1 heterocycles. The molecule has 1 fully saturated rings. The standard InChI is InChI=1S/C13H17FN2O.ClH/c14-12-5-3-4-11(10-12)13(17)15-6-9-16-7-1-2-8-16;/h3-5,10H,1-2,6-9H2,(H,15,17);1H. The zero-order chi connectivity index (χ0) is 12.1. The minimum atomic E-state index is -0.378. The number of rotatable bonds is 4. The van der Waals surface area contributed by atoms with Gasteiger partial charge in [0.25, 0.3) is 5.91 Å². The van der Waals surface area contributed by atoms with E-state index >= 15 is 0 Å². The average Bonchev–Trinajstić information content (AvgIpc) is 2.82. The average molecular weight is 273 g/mol. The van der Waals surface area contributed by atoms with Gasteiger partial charge in [0.05, 0.1) is 0 Å². The van der Waals surface area contributed by atoms with E-state index in [2.05, 4.69) is 10.2 Å². The number of benzene rings is 1. The zero-order valence-electron chi connectivity index (χ0n) is 10.2. The molecular weight excluding hydrogens is 255 g/mol. The quantitative estimate of drug-likeness (QED) is 0.910. The number of likely N-dealkylation sites (tertiary alicyclic amines) is 1. The highest BCUT2D eigenvalue weighted by molar-refractivity contribution is 5.94. The summed E-state index contributed by atoms with van der Waals surface area (Å²) < 4.78 is 12.9. The second-order valence-electron chi connectivity index (χ2n) is 4.31. The van der Waals surface area contributed by atoms with Crippen LogP contribution in [0, 0.1) is 5.82 Å². The Kier molecular flexibility index (Phi) is 6.09. The Morgan fingerprint density at radius 2 is 2.06 bits per heavy atom. The third-order valence-electron chi connectivity index (χ3n) is 3.00. The van der Waals surface area contributed by atoms with E-state index in [1.54, 1.807) is 12.1 Å². The van der Waals surface area contributed by atoms with E-state index in [0.717, 1.165) is 19.6 Å². The van der Waals surface area contributed by atoms with Crippen molar-refractivity contribution in [3.63, 3.8) is 0 Å². The van der Waals surface area contributed by atoms with Gasteiger partial charge in [0.15, 0.2) is 0 Å². The number of hydrogen-bond acceptors (Lipinski definition) is 2. The second kappa shape index (κ2) is 7.34. The highest BCUT2D eigenvalue weighted by Gasteiger charge is 2.11. The van der Waals surface area contributed by atoms with Crippen LogP contribution in [0.15, 0.2) is 24.3 Å². The maximum absolute atomic E-state index is 12.9. The Balaban J connectivity index is 0.00000162. The van der Waals surface area contributed by atoms with Gasteiger partial charge in [-0.1, -0.05) is 6.07 Å². The summed E-state index contributed by atoms with van der Waals surface area (Å²) in [5.74, 6) is -0.583. The molecule has 1 aromatic rings. The fourth-order valence-electron chi connectivity index (χ4n) is 2.07. The molecule has 1 aliphatic heterocycles. The molecule has 2 rings (SSSR count). The fraction of sp³-hybridized carbons (Fsp3) is 0.462. The summed E-state index contributed by atoms with van der Waals surface area (Å²) in [7, 11) is 0. The maximum Gasteiger partial charge on any atom is 0.251 e. The number of nitrogens with one attached hydrogen (secondary N) is 1. The highest BCUT2D eigenvalue weighted by Crippen LogP contribution is 2.06. The van der Waals surface area contributed by atoms with Gasteiger partial charge in [-0.3, -0.25) is 4.79 Å². The maximum atomic E-state index is 12.9. The lowest BCUT2D eigenvalue weighted by Gasteiger charge is -2.14. The van der Waals surface area contributed by atoms with Crippen LogP contribution in [0.25, 0.3) is 0 Å². The first-order valence-corrected chi connectivity index (χ1v) is 6.02. The Hall–Kier alpha value is -1.13. The summed E-state index contributed by atoms with van der Waals surface area (Å²) in [5.41, 5.74) is 0.381. The molecule has 1 aliphatic rings. The molecule has 100 valence electrons. The van der Waals surface area contributed by atoms with Crippen LogP contribution in [0.1, 0.15) is 23.2 Å². The highest BCUT2D eigenvalue weighted by atomic mass is 35.5. The number of halogens is 2. The predicted molar refractivity (Wildman–Crippen MR) is 71.7 cm³/mol. The molecule has 0 saturated carbocycles. The summed E-state index contributed by atoms with van der Waals surface area (Å²) in [6.07, 6.45) is 2.50. The van der Waals surface area contributed by atoms with Crippen LogP contribution in [0.5, 0.6) is 0 Å². The number of nitrogens with zero attached hydrogens (tertiary/aromatic N) is 1. The summed E-state index contributed by atoms with van der Waals surface area (Å²) in [4.78, 5) is 14.0. The van der Waals surface area contributed by atoms with E-state index in [-0.39, 0.29) is 24.1 Å². The van der Waals surface area contributed by atoms with Crippen molar-refractivity contribution < 1.29 is 9.18 Å².